The molecule has 0 radical (unpaired) electrons. The summed E-state index contributed by atoms with van der Waals surface area (Å²) in [5.74, 6) is -0.675. The van der Waals surface area contributed by atoms with Crippen LogP contribution in [0.25, 0.3) is 0 Å². The SMILES string of the molecule is Cc1nc(Sc2nc(C(=O)O)ccc2[N+](=O)[O-])oc1C. The number of oxazole rings is 1. The fourth-order valence-electron chi connectivity index (χ4n) is 1.34. The van der Waals surface area contributed by atoms with Crippen molar-refractivity contribution in [1.82, 2.24) is 9.97 Å². The lowest BCUT2D eigenvalue weighted by Crippen LogP contribution is -2.03. The van der Waals surface area contributed by atoms with Gasteiger partial charge in [-0.1, -0.05) is 0 Å². The maximum absolute atomic E-state index is 10.9. The second-order valence-electron chi connectivity index (χ2n) is 3.81. The molecule has 9 heteroatoms. The molecule has 0 saturated carbocycles. The number of rotatable bonds is 4. The summed E-state index contributed by atoms with van der Waals surface area (Å²) in [6, 6.07) is 2.18. The molecule has 0 spiro atoms. The zero-order chi connectivity index (χ0) is 14.9. The van der Waals surface area contributed by atoms with Gasteiger partial charge in [0.1, 0.15) is 11.5 Å². The van der Waals surface area contributed by atoms with E-state index < -0.39 is 10.9 Å². The number of carboxylic acid groups (broad SMARTS) is 1. The molecule has 0 aliphatic rings. The van der Waals surface area contributed by atoms with Crippen LogP contribution in [0.1, 0.15) is 21.9 Å². The highest BCUT2D eigenvalue weighted by Crippen LogP contribution is 2.33. The fourth-order valence-corrected chi connectivity index (χ4v) is 2.24. The summed E-state index contributed by atoms with van der Waals surface area (Å²) in [6.07, 6.45) is 0. The highest BCUT2D eigenvalue weighted by molar-refractivity contribution is 7.99. The molecule has 8 nitrogen and oxygen atoms in total. The van der Waals surface area contributed by atoms with Gasteiger partial charge in [-0.05, 0) is 31.7 Å². The Labute approximate surface area is 117 Å². The zero-order valence-electron chi connectivity index (χ0n) is 10.5. The van der Waals surface area contributed by atoms with E-state index in [1.54, 1.807) is 13.8 Å². The van der Waals surface area contributed by atoms with Crippen molar-refractivity contribution >= 4 is 23.4 Å². The third-order valence-corrected chi connectivity index (χ3v) is 3.29. The van der Waals surface area contributed by atoms with E-state index in [1.807, 2.05) is 0 Å². The van der Waals surface area contributed by atoms with Gasteiger partial charge in [0.05, 0.1) is 10.6 Å². The van der Waals surface area contributed by atoms with E-state index in [0.717, 1.165) is 23.9 Å². The number of aromatic nitrogens is 2. The lowest BCUT2D eigenvalue weighted by atomic mass is 10.3. The van der Waals surface area contributed by atoms with Gasteiger partial charge in [0, 0.05) is 6.07 Å². The highest BCUT2D eigenvalue weighted by atomic mass is 32.2. The van der Waals surface area contributed by atoms with E-state index in [4.69, 9.17) is 9.52 Å². The quantitative estimate of drug-likeness (QED) is 0.674. The standard InChI is InChI=1S/C11H9N3O5S/c1-5-6(2)19-11(12-5)20-9-8(14(17)18)4-3-7(13-9)10(15)16/h3-4H,1-2H3,(H,15,16). The third kappa shape index (κ3) is 2.77. The number of hydrogen-bond donors (Lipinski definition) is 1. The van der Waals surface area contributed by atoms with Gasteiger partial charge >= 0.3 is 11.7 Å². The Kier molecular flexibility index (Phi) is 3.70. The maximum atomic E-state index is 10.9. The van der Waals surface area contributed by atoms with Crippen LogP contribution in [0.2, 0.25) is 0 Å². The topological polar surface area (TPSA) is 119 Å². The normalized spacial score (nSPS) is 10.5. The first-order valence-electron chi connectivity index (χ1n) is 5.39. The second kappa shape index (κ2) is 5.29. The third-order valence-electron chi connectivity index (χ3n) is 2.45. The van der Waals surface area contributed by atoms with Crippen LogP contribution in [0.5, 0.6) is 0 Å². The fraction of sp³-hybridized carbons (Fsp3) is 0.182. The lowest BCUT2D eigenvalue weighted by Gasteiger charge is -2.00. The smallest absolute Gasteiger partial charge is 0.354 e. The van der Waals surface area contributed by atoms with Crippen molar-refractivity contribution in [1.29, 1.82) is 0 Å². The number of aromatic carboxylic acids is 1. The molecule has 2 aromatic heterocycles. The summed E-state index contributed by atoms with van der Waals surface area (Å²) >= 11 is 0.815. The van der Waals surface area contributed by atoms with Gasteiger partial charge in [-0.2, -0.15) is 0 Å². The second-order valence-corrected chi connectivity index (χ2v) is 4.75. The van der Waals surface area contributed by atoms with E-state index in [9.17, 15) is 14.9 Å². The first-order chi connectivity index (χ1) is 9.38. The van der Waals surface area contributed by atoms with Crippen LogP contribution < -0.4 is 0 Å². The Morgan fingerprint density at radius 2 is 2.10 bits per heavy atom. The van der Waals surface area contributed by atoms with Gasteiger partial charge in [0.2, 0.25) is 0 Å². The molecule has 0 atom stereocenters. The lowest BCUT2D eigenvalue weighted by molar-refractivity contribution is -0.388. The Bertz CT molecular complexity index is 678. The minimum Gasteiger partial charge on any atom is -0.477 e. The number of carbonyl (C=O) groups is 1. The van der Waals surface area contributed by atoms with Gasteiger partial charge < -0.3 is 9.52 Å². The predicted octanol–water partition coefficient (Wildman–Crippen LogP) is 2.44. The number of aryl methyl sites for hydroxylation is 2. The molecule has 0 saturated heterocycles. The van der Waals surface area contributed by atoms with E-state index in [1.165, 1.54) is 0 Å². The molecule has 0 fully saturated rings. The Morgan fingerprint density at radius 1 is 1.40 bits per heavy atom. The molecule has 2 rings (SSSR count). The van der Waals surface area contributed by atoms with E-state index in [-0.39, 0.29) is 21.6 Å². The molecule has 2 heterocycles. The van der Waals surface area contributed by atoms with Gasteiger partial charge in [-0.3, -0.25) is 10.1 Å². The van der Waals surface area contributed by atoms with Crippen molar-refractivity contribution in [3.63, 3.8) is 0 Å². The monoisotopic (exact) mass is 295 g/mol. The van der Waals surface area contributed by atoms with Gasteiger partial charge in [0.15, 0.2) is 5.03 Å². The molecule has 104 valence electrons. The number of carboxylic acids is 1. The van der Waals surface area contributed by atoms with Gasteiger partial charge in [-0.25, -0.2) is 14.8 Å². The van der Waals surface area contributed by atoms with Crippen LogP contribution in [0.4, 0.5) is 5.69 Å². The Hall–Kier alpha value is -2.42. The summed E-state index contributed by atoms with van der Waals surface area (Å²) in [5.41, 5.74) is 0.0798. The summed E-state index contributed by atoms with van der Waals surface area (Å²) < 4.78 is 5.30. The summed E-state index contributed by atoms with van der Waals surface area (Å²) in [7, 11) is 0. The van der Waals surface area contributed by atoms with E-state index >= 15 is 0 Å². The predicted molar refractivity (Wildman–Crippen MR) is 68.0 cm³/mol. The average Bonchev–Trinajstić information content (AvgIpc) is 2.67. The van der Waals surface area contributed by atoms with Crippen molar-refractivity contribution in [2.24, 2.45) is 0 Å². The van der Waals surface area contributed by atoms with Crippen molar-refractivity contribution < 1.29 is 19.2 Å². The van der Waals surface area contributed by atoms with Gasteiger partial charge in [-0.15, -0.1) is 0 Å². The largest absolute Gasteiger partial charge is 0.477 e. The van der Waals surface area contributed by atoms with Crippen molar-refractivity contribution in [3.8, 4) is 0 Å². The number of pyridine rings is 1. The van der Waals surface area contributed by atoms with Crippen LogP contribution in [-0.2, 0) is 0 Å². The Balaban J connectivity index is 2.44. The van der Waals surface area contributed by atoms with Crippen LogP contribution in [0.15, 0.2) is 26.8 Å². The maximum Gasteiger partial charge on any atom is 0.354 e. The van der Waals surface area contributed by atoms with Crippen LogP contribution in [0.3, 0.4) is 0 Å². The van der Waals surface area contributed by atoms with E-state index in [0.29, 0.717) is 11.5 Å². The molecule has 1 N–H and O–H groups in total. The molecule has 2 aromatic rings. The minimum atomic E-state index is -1.26. The number of nitro groups is 1. The zero-order valence-corrected chi connectivity index (χ0v) is 11.3. The summed E-state index contributed by atoms with van der Waals surface area (Å²) in [6.45, 7) is 3.44. The summed E-state index contributed by atoms with van der Waals surface area (Å²) in [5, 5.41) is 19.9. The molecular formula is C11H9N3O5S. The molecule has 0 aliphatic heterocycles. The molecule has 20 heavy (non-hydrogen) atoms. The highest BCUT2D eigenvalue weighted by Gasteiger charge is 2.21. The molecule has 0 bridgehead atoms. The first-order valence-corrected chi connectivity index (χ1v) is 6.20. The van der Waals surface area contributed by atoms with Crippen LogP contribution in [-0.4, -0.2) is 26.0 Å². The molecular weight excluding hydrogens is 286 g/mol. The molecule has 0 amide bonds. The molecule has 0 aliphatic carbocycles. The van der Waals surface area contributed by atoms with E-state index in [2.05, 4.69) is 9.97 Å². The Morgan fingerprint density at radius 3 is 2.60 bits per heavy atom. The molecule has 0 unspecified atom stereocenters. The van der Waals surface area contributed by atoms with Gasteiger partial charge in [0.25, 0.3) is 5.22 Å². The van der Waals surface area contributed by atoms with Crippen molar-refractivity contribution in [2.45, 2.75) is 24.1 Å². The average molecular weight is 295 g/mol. The van der Waals surface area contributed by atoms with Crippen LogP contribution in [0, 0.1) is 24.0 Å². The van der Waals surface area contributed by atoms with Crippen molar-refractivity contribution in [2.75, 3.05) is 0 Å². The molecule has 0 aromatic carbocycles. The first kappa shape index (κ1) is 14.0. The summed E-state index contributed by atoms with van der Waals surface area (Å²) in [4.78, 5) is 29.0. The minimum absolute atomic E-state index is 0.0730. The van der Waals surface area contributed by atoms with Crippen molar-refractivity contribution in [3.05, 3.63) is 39.4 Å². The number of nitrogens with zero attached hydrogens (tertiary/aromatic N) is 3. The number of hydrogen-bond acceptors (Lipinski definition) is 7. The van der Waals surface area contributed by atoms with Crippen LogP contribution >= 0.6 is 11.8 Å².